The third kappa shape index (κ3) is 6.48. The highest BCUT2D eigenvalue weighted by atomic mass is 127. The van der Waals surface area contributed by atoms with Crippen LogP contribution in [0.2, 0.25) is 0 Å². The van der Waals surface area contributed by atoms with Gasteiger partial charge in [0.15, 0.2) is 5.96 Å². The van der Waals surface area contributed by atoms with Gasteiger partial charge in [-0.2, -0.15) is 0 Å². The number of likely N-dealkylation sites (tertiary alicyclic amines) is 1. The first kappa shape index (κ1) is 20.5. The highest BCUT2D eigenvalue weighted by Gasteiger charge is 2.23. The minimum Gasteiger partial charge on any atom is -0.489 e. The first-order chi connectivity index (χ1) is 10.7. The van der Waals surface area contributed by atoms with E-state index in [0.29, 0.717) is 6.54 Å². The number of nitrogens with one attached hydrogen (secondary N) is 1. The van der Waals surface area contributed by atoms with Crippen LogP contribution in [0.25, 0.3) is 0 Å². The Hall–Kier alpha value is -0.510. The zero-order valence-electron chi connectivity index (χ0n) is 13.5. The van der Waals surface area contributed by atoms with Crippen molar-refractivity contribution in [1.29, 1.82) is 0 Å². The topological polar surface area (TPSA) is 36.9 Å². The molecule has 0 radical (unpaired) electrons. The molecule has 0 unspecified atom stereocenters. The Labute approximate surface area is 169 Å². The maximum atomic E-state index is 6.14. The van der Waals surface area contributed by atoms with E-state index in [1.165, 1.54) is 3.57 Å². The molecule has 1 aliphatic rings. The minimum atomic E-state index is 0. The van der Waals surface area contributed by atoms with Crippen molar-refractivity contribution in [2.45, 2.75) is 25.9 Å². The molecule has 2 rings (SSSR count). The molecule has 1 aliphatic heterocycles. The van der Waals surface area contributed by atoms with Crippen LogP contribution in [0.5, 0.6) is 5.75 Å². The van der Waals surface area contributed by atoms with Crippen molar-refractivity contribution in [3.63, 3.8) is 0 Å². The minimum absolute atomic E-state index is 0. The molecule has 0 spiro atoms. The molecule has 1 aromatic carbocycles. The van der Waals surface area contributed by atoms with Crippen LogP contribution in [0.15, 0.2) is 41.9 Å². The van der Waals surface area contributed by atoms with E-state index in [1.54, 1.807) is 0 Å². The molecule has 1 heterocycles. The van der Waals surface area contributed by atoms with Crippen molar-refractivity contribution in [2.24, 2.45) is 4.99 Å². The van der Waals surface area contributed by atoms with E-state index in [4.69, 9.17) is 4.74 Å². The van der Waals surface area contributed by atoms with E-state index in [-0.39, 0.29) is 30.1 Å². The molecule has 23 heavy (non-hydrogen) atoms. The highest BCUT2D eigenvalue weighted by molar-refractivity contribution is 14.1. The third-order valence-electron chi connectivity index (χ3n) is 3.58. The molecule has 1 N–H and O–H groups in total. The molecule has 6 heteroatoms. The maximum Gasteiger partial charge on any atom is 0.194 e. The molecule has 4 nitrogen and oxygen atoms in total. The van der Waals surface area contributed by atoms with E-state index in [9.17, 15) is 0 Å². The molecule has 1 fully saturated rings. The maximum absolute atomic E-state index is 6.14. The number of hydrogen-bond acceptors (Lipinski definition) is 2. The summed E-state index contributed by atoms with van der Waals surface area (Å²) in [7, 11) is 0. The molecule has 1 saturated heterocycles. The average Bonchev–Trinajstić information content (AvgIpc) is 2.54. The molecule has 0 atom stereocenters. The SMILES string of the molecule is C=CCN=C(NCC)N1CCC(Oc2ccccc2I)CC1.I. The Bertz CT molecular complexity index is 514. The number of benzene rings is 1. The van der Waals surface area contributed by atoms with E-state index < -0.39 is 0 Å². The van der Waals surface area contributed by atoms with Crippen LogP contribution in [-0.2, 0) is 0 Å². The summed E-state index contributed by atoms with van der Waals surface area (Å²) < 4.78 is 7.31. The molecule has 0 bridgehead atoms. The van der Waals surface area contributed by atoms with Crippen LogP contribution >= 0.6 is 46.6 Å². The molecule has 1 aromatic rings. The van der Waals surface area contributed by atoms with Crippen LogP contribution < -0.4 is 10.1 Å². The van der Waals surface area contributed by atoms with Crippen LogP contribution in [-0.4, -0.2) is 43.1 Å². The zero-order chi connectivity index (χ0) is 15.8. The van der Waals surface area contributed by atoms with Gasteiger partial charge in [0.2, 0.25) is 0 Å². The lowest BCUT2D eigenvalue weighted by Crippen LogP contribution is -2.47. The van der Waals surface area contributed by atoms with Crippen molar-refractivity contribution in [3.05, 3.63) is 40.5 Å². The van der Waals surface area contributed by atoms with Crippen molar-refractivity contribution < 1.29 is 4.74 Å². The summed E-state index contributed by atoms with van der Waals surface area (Å²) in [4.78, 5) is 6.86. The largest absolute Gasteiger partial charge is 0.489 e. The lowest BCUT2D eigenvalue weighted by atomic mass is 10.1. The zero-order valence-corrected chi connectivity index (χ0v) is 18.0. The second-order valence-electron chi connectivity index (χ2n) is 5.22. The van der Waals surface area contributed by atoms with Gasteiger partial charge in [0.05, 0.1) is 10.1 Å². The lowest BCUT2D eigenvalue weighted by Gasteiger charge is -2.34. The Morgan fingerprint density at radius 3 is 2.74 bits per heavy atom. The summed E-state index contributed by atoms with van der Waals surface area (Å²) in [5.41, 5.74) is 0. The Kier molecular flexibility index (Phi) is 9.92. The van der Waals surface area contributed by atoms with E-state index in [0.717, 1.165) is 44.2 Å². The monoisotopic (exact) mass is 541 g/mol. The van der Waals surface area contributed by atoms with Crippen LogP contribution in [0.1, 0.15) is 19.8 Å². The van der Waals surface area contributed by atoms with E-state index >= 15 is 0 Å². The van der Waals surface area contributed by atoms with Crippen molar-refractivity contribution in [1.82, 2.24) is 10.2 Å². The average molecular weight is 541 g/mol. The summed E-state index contributed by atoms with van der Waals surface area (Å²) in [6.45, 7) is 9.30. The Balaban J connectivity index is 0.00000264. The van der Waals surface area contributed by atoms with Gasteiger partial charge in [-0.15, -0.1) is 30.6 Å². The first-order valence-corrected chi connectivity index (χ1v) is 8.87. The van der Waals surface area contributed by atoms with Crippen molar-refractivity contribution in [2.75, 3.05) is 26.2 Å². The smallest absolute Gasteiger partial charge is 0.194 e. The van der Waals surface area contributed by atoms with Crippen LogP contribution in [0, 0.1) is 3.57 Å². The number of nitrogens with zero attached hydrogens (tertiary/aromatic N) is 2. The molecular weight excluding hydrogens is 516 g/mol. The number of aliphatic imine (C=N–C) groups is 1. The molecule has 0 saturated carbocycles. The number of halogens is 2. The molecule has 0 aliphatic carbocycles. The van der Waals surface area contributed by atoms with Gasteiger partial charge in [0.1, 0.15) is 11.9 Å². The lowest BCUT2D eigenvalue weighted by molar-refractivity contribution is 0.128. The molecule has 0 amide bonds. The summed E-state index contributed by atoms with van der Waals surface area (Å²) in [5, 5.41) is 3.35. The van der Waals surface area contributed by atoms with E-state index in [2.05, 4.69) is 57.4 Å². The standard InChI is InChI=1S/C17H24IN3O.HI/c1-3-11-20-17(19-4-2)21-12-9-14(10-13-21)22-16-8-6-5-7-15(16)18;/h3,5-8,14H,1,4,9-13H2,2H3,(H,19,20);1H. The Morgan fingerprint density at radius 2 is 2.13 bits per heavy atom. The fraction of sp³-hybridized carbons (Fsp3) is 0.471. The van der Waals surface area contributed by atoms with Gasteiger partial charge in [-0.3, -0.25) is 0 Å². The van der Waals surface area contributed by atoms with Crippen LogP contribution in [0.3, 0.4) is 0 Å². The van der Waals surface area contributed by atoms with E-state index in [1.807, 2.05) is 24.3 Å². The summed E-state index contributed by atoms with van der Waals surface area (Å²) in [5.74, 6) is 1.98. The summed E-state index contributed by atoms with van der Waals surface area (Å²) in [6.07, 6.45) is 4.15. The van der Waals surface area contributed by atoms with Gasteiger partial charge in [0.25, 0.3) is 0 Å². The fourth-order valence-corrected chi connectivity index (χ4v) is 3.00. The van der Waals surface area contributed by atoms with Gasteiger partial charge in [-0.1, -0.05) is 18.2 Å². The Morgan fingerprint density at radius 1 is 1.43 bits per heavy atom. The number of guanidine groups is 1. The van der Waals surface area contributed by atoms with Gasteiger partial charge >= 0.3 is 0 Å². The van der Waals surface area contributed by atoms with Gasteiger partial charge < -0.3 is 15.0 Å². The second kappa shape index (κ2) is 11.1. The van der Waals surface area contributed by atoms with Gasteiger partial charge in [-0.25, -0.2) is 4.99 Å². The quantitative estimate of drug-likeness (QED) is 0.266. The summed E-state index contributed by atoms with van der Waals surface area (Å²) in [6, 6.07) is 8.19. The fourth-order valence-electron chi connectivity index (χ4n) is 2.48. The second-order valence-corrected chi connectivity index (χ2v) is 6.38. The van der Waals surface area contributed by atoms with Crippen LogP contribution in [0.4, 0.5) is 0 Å². The number of para-hydroxylation sites is 1. The van der Waals surface area contributed by atoms with Gasteiger partial charge in [0, 0.05) is 32.5 Å². The molecule has 128 valence electrons. The van der Waals surface area contributed by atoms with Crippen molar-refractivity contribution >= 4 is 52.5 Å². The number of hydrogen-bond donors (Lipinski definition) is 1. The number of rotatable bonds is 5. The number of ether oxygens (including phenoxy) is 1. The first-order valence-electron chi connectivity index (χ1n) is 7.80. The molecular formula is C17H25I2N3O. The summed E-state index contributed by atoms with van der Waals surface area (Å²) >= 11 is 2.32. The third-order valence-corrected chi connectivity index (χ3v) is 4.47. The normalized spacial score (nSPS) is 15.7. The predicted octanol–water partition coefficient (Wildman–Crippen LogP) is 3.90. The van der Waals surface area contributed by atoms with Crippen molar-refractivity contribution in [3.8, 4) is 5.75 Å². The van der Waals surface area contributed by atoms with Gasteiger partial charge in [-0.05, 0) is 41.6 Å². The number of piperidine rings is 1. The predicted molar refractivity (Wildman–Crippen MR) is 116 cm³/mol. The highest BCUT2D eigenvalue weighted by Crippen LogP contribution is 2.24. The molecule has 0 aromatic heterocycles.